The minimum atomic E-state index is -0.241. The molecule has 3 heteroatoms. The zero-order valence-electron chi connectivity index (χ0n) is 6.32. The molecule has 0 saturated carbocycles. The van der Waals surface area contributed by atoms with Crippen LogP contribution < -0.4 is 0 Å². The summed E-state index contributed by atoms with van der Waals surface area (Å²) in [5.41, 5.74) is 1.69. The summed E-state index contributed by atoms with van der Waals surface area (Å²) in [7, 11) is 1.38. The van der Waals surface area contributed by atoms with E-state index in [-0.39, 0.29) is 29.9 Å². The number of rotatable bonds is 1. The second-order valence-corrected chi connectivity index (χ2v) is 2.12. The van der Waals surface area contributed by atoms with Crippen molar-refractivity contribution in [1.82, 2.24) is 0 Å². The van der Waals surface area contributed by atoms with Crippen LogP contribution in [-0.4, -0.2) is 37.0 Å². The molecule has 0 aromatic rings. The van der Waals surface area contributed by atoms with E-state index < -0.39 is 0 Å². The molecule has 0 fully saturated rings. The van der Waals surface area contributed by atoms with Gasteiger partial charge in [0.25, 0.3) is 0 Å². The average molecular weight is 251 g/mol. The summed E-state index contributed by atoms with van der Waals surface area (Å²) in [6.45, 7) is 5.51. The number of carbonyl (C=O) groups is 1. The van der Waals surface area contributed by atoms with Crippen LogP contribution in [-0.2, 0) is 9.53 Å². The predicted molar refractivity (Wildman–Crippen MR) is 47.4 cm³/mol. The van der Waals surface area contributed by atoms with Crippen LogP contribution in [0.5, 0.6) is 0 Å². The number of esters is 1. The topological polar surface area (TPSA) is 26.3 Å². The van der Waals surface area contributed by atoms with Gasteiger partial charge in [-0.05, 0) is 20.8 Å². The van der Waals surface area contributed by atoms with Crippen molar-refractivity contribution < 1.29 is 9.53 Å². The Balaban J connectivity index is 0. The number of carbonyl (C=O) groups excluding carboxylic acids is 1. The van der Waals surface area contributed by atoms with Gasteiger partial charge in [-0.1, -0.05) is 5.57 Å². The van der Waals surface area contributed by atoms with E-state index in [1.807, 2.05) is 13.8 Å². The molecule has 10 heavy (non-hydrogen) atoms. The monoisotopic (exact) mass is 252 g/mol. The van der Waals surface area contributed by atoms with E-state index in [0.29, 0.717) is 5.57 Å². The van der Waals surface area contributed by atoms with Gasteiger partial charge in [-0.3, -0.25) is 0 Å². The molecule has 0 rings (SSSR count). The summed E-state index contributed by atoms with van der Waals surface area (Å²) in [5, 5.41) is 0. The molecule has 0 unspecified atom stereocenters. The van der Waals surface area contributed by atoms with E-state index in [4.69, 9.17) is 0 Å². The molecule has 0 aromatic heterocycles. The summed E-state index contributed by atoms with van der Waals surface area (Å²) in [5.74, 6) is -0.241. The Morgan fingerprint density at radius 1 is 1.20 bits per heavy atom. The zero-order valence-corrected chi connectivity index (χ0v) is 6.32. The van der Waals surface area contributed by atoms with Gasteiger partial charge >= 0.3 is 29.9 Å². The standard InChI is InChI=1S/C7H12O2.Sn.4H/c1-5(2)6(3)7(8)9-4;;;;;/h1-4H3;;;;;. The van der Waals surface area contributed by atoms with Crippen LogP contribution in [0.25, 0.3) is 0 Å². The summed E-state index contributed by atoms with van der Waals surface area (Å²) in [4.78, 5) is 10.7. The molecule has 0 aliphatic heterocycles. The van der Waals surface area contributed by atoms with Crippen molar-refractivity contribution in [2.75, 3.05) is 7.11 Å². The van der Waals surface area contributed by atoms with Gasteiger partial charge in [0.15, 0.2) is 0 Å². The number of ether oxygens (including phenoxy) is 1. The molecule has 0 aliphatic rings. The molecule has 2 nitrogen and oxygen atoms in total. The van der Waals surface area contributed by atoms with Crippen molar-refractivity contribution in [2.24, 2.45) is 0 Å². The molecular formula is C7H16O2Sn. The van der Waals surface area contributed by atoms with Crippen LogP contribution in [0.3, 0.4) is 0 Å². The third-order valence-corrected chi connectivity index (χ3v) is 1.24. The first-order valence-electron chi connectivity index (χ1n) is 2.82. The molecule has 0 heterocycles. The van der Waals surface area contributed by atoms with Gasteiger partial charge < -0.3 is 4.74 Å². The fourth-order valence-corrected chi connectivity index (χ4v) is 0.357. The third kappa shape index (κ3) is 3.93. The van der Waals surface area contributed by atoms with Crippen LogP contribution in [0.15, 0.2) is 11.1 Å². The fourth-order valence-electron chi connectivity index (χ4n) is 0.357. The van der Waals surface area contributed by atoms with Crippen LogP contribution in [0.4, 0.5) is 0 Å². The molecule has 0 amide bonds. The van der Waals surface area contributed by atoms with Crippen molar-refractivity contribution in [3.05, 3.63) is 11.1 Å². The van der Waals surface area contributed by atoms with Gasteiger partial charge in [0.2, 0.25) is 0 Å². The SMILES string of the molecule is COC(=O)C(C)=C(C)C.[SnH4]. The Kier molecular flexibility index (Phi) is 7.30. The molecule has 0 radical (unpaired) electrons. The third-order valence-electron chi connectivity index (χ3n) is 1.24. The summed E-state index contributed by atoms with van der Waals surface area (Å²) in [6.07, 6.45) is 0. The van der Waals surface area contributed by atoms with E-state index in [1.54, 1.807) is 6.92 Å². The number of hydrogen-bond acceptors (Lipinski definition) is 2. The van der Waals surface area contributed by atoms with Crippen LogP contribution in [0.1, 0.15) is 20.8 Å². The Hall–Kier alpha value is 0.00870. The van der Waals surface area contributed by atoms with E-state index >= 15 is 0 Å². The zero-order chi connectivity index (χ0) is 7.44. The van der Waals surface area contributed by atoms with Crippen molar-refractivity contribution in [2.45, 2.75) is 20.8 Å². The van der Waals surface area contributed by atoms with Gasteiger partial charge in [0, 0.05) is 5.57 Å². The van der Waals surface area contributed by atoms with Gasteiger partial charge in [-0.25, -0.2) is 4.79 Å². The van der Waals surface area contributed by atoms with Crippen LogP contribution in [0, 0.1) is 0 Å². The second kappa shape index (κ2) is 5.77. The Morgan fingerprint density at radius 3 is 1.70 bits per heavy atom. The quantitative estimate of drug-likeness (QED) is 0.374. The first-order valence-corrected chi connectivity index (χ1v) is 2.82. The maximum absolute atomic E-state index is 10.7. The molecule has 0 atom stereocenters. The van der Waals surface area contributed by atoms with Crippen LogP contribution in [0.2, 0.25) is 0 Å². The van der Waals surface area contributed by atoms with Crippen molar-refractivity contribution in [3.63, 3.8) is 0 Å². The summed E-state index contributed by atoms with van der Waals surface area (Å²) in [6, 6.07) is 0. The average Bonchev–Trinajstić information content (AvgIpc) is 1.84. The number of methoxy groups -OCH3 is 1. The number of hydrogen-bond donors (Lipinski definition) is 0. The number of allylic oxidation sites excluding steroid dienone is 1. The van der Waals surface area contributed by atoms with Gasteiger partial charge in [-0.15, -0.1) is 0 Å². The first-order chi connectivity index (χ1) is 4.09. The molecule has 0 saturated heterocycles. The molecule has 0 bridgehead atoms. The van der Waals surface area contributed by atoms with Gasteiger partial charge in [-0.2, -0.15) is 0 Å². The van der Waals surface area contributed by atoms with Crippen molar-refractivity contribution >= 4 is 29.9 Å². The predicted octanol–water partition coefficient (Wildman–Crippen LogP) is 0.0641. The summed E-state index contributed by atoms with van der Waals surface area (Å²) >= 11 is 0. The molecule has 0 aromatic carbocycles. The summed E-state index contributed by atoms with van der Waals surface area (Å²) < 4.78 is 4.48. The van der Waals surface area contributed by atoms with E-state index in [1.165, 1.54) is 7.11 Å². The van der Waals surface area contributed by atoms with Crippen molar-refractivity contribution in [1.29, 1.82) is 0 Å². The van der Waals surface area contributed by atoms with Crippen LogP contribution >= 0.6 is 0 Å². The minimum absolute atomic E-state index is 0. The molecule has 0 N–H and O–H groups in total. The normalized spacial score (nSPS) is 7.60. The van der Waals surface area contributed by atoms with Crippen molar-refractivity contribution in [3.8, 4) is 0 Å². The Morgan fingerprint density at radius 2 is 1.60 bits per heavy atom. The van der Waals surface area contributed by atoms with Gasteiger partial charge in [0.1, 0.15) is 0 Å². The Labute approximate surface area is 78.6 Å². The van der Waals surface area contributed by atoms with E-state index in [2.05, 4.69) is 4.74 Å². The maximum atomic E-state index is 10.7. The molecular weight excluding hydrogens is 235 g/mol. The molecule has 0 aliphatic carbocycles. The van der Waals surface area contributed by atoms with E-state index in [9.17, 15) is 4.79 Å². The fraction of sp³-hybridized carbons (Fsp3) is 0.571. The van der Waals surface area contributed by atoms with E-state index in [0.717, 1.165) is 5.57 Å². The van der Waals surface area contributed by atoms with Gasteiger partial charge in [0.05, 0.1) is 7.11 Å². The first kappa shape index (κ1) is 12.7. The Bertz CT molecular complexity index is 146. The molecule has 0 spiro atoms. The molecule has 60 valence electrons. The second-order valence-electron chi connectivity index (χ2n) is 2.12.